The minimum absolute atomic E-state index is 0.0990. The Hall–Kier alpha value is -2.63. The molecule has 0 bridgehead atoms. The van der Waals surface area contributed by atoms with Crippen LogP contribution in [0.3, 0.4) is 0 Å². The molecule has 0 saturated carbocycles. The van der Waals surface area contributed by atoms with Gasteiger partial charge >= 0.3 is 0 Å². The standard InChI is InChI=1S/C19H25N5O/c1-14(2)22-18(25)16-12-20-19(21-13-16)24-9-7-23(8-10-24)17-6-4-5-15(3)11-17/h4-6,11-14H,7-10H2,1-3H3,(H,22,25). The van der Waals surface area contributed by atoms with E-state index in [0.717, 1.165) is 26.2 Å². The molecule has 1 fully saturated rings. The molecule has 0 atom stereocenters. The van der Waals surface area contributed by atoms with Gasteiger partial charge in [-0.05, 0) is 38.5 Å². The lowest BCUT2D eigenvalue weighted by Crippen LogP contribution is -2.47. The molecule has 3 rings (SSSR count). The van der Waals surface area contributed by atoms with Crippen LogP contribution in [0.15, 0.2) is 36.7 Å². The molecule has 6 nitrogen and oxygen atoms in total. The summed E-state index contributed by atoms with van der Waals surface area (Å²) in [5, 5.41) is 2.85. The maximum absolute atomic E-state index is 12.0. The van der Waals surface area contributed by atoms with Crippen molar-refractivity contribution in [2.24, 2.45) is 0 Å². The number of nitrogens with zero attached hydrogens (tertiary/aromatic N) is 4. The molecule has 1 aromatic carbocycles. The Morgan fingerprint density at radius 3 is 2.32 bits per heavy atom. The number of rotatable bonds is 4. The molecule has 0 unspecified atom stereocenters. The summed E-state index contributed by atoms with van der Waals surface area (Å²) in [7, 11) is 0. The normalized spacial score (nSPS) is 14.7. The fourth-order valence-electron chi connectivity index (χ4n) is 2.94. The predicted molar refractivity (Wildman–Crippen MR) is 100 cm³/mol. The van der Waals surface area contributed by atoms with Gasteiger partial charge in [0, 0.05) is 50.3 Å². The molecule has 1 aliphatic heterocycles. The number of hydrogen-bond acceptors (Lipinski definition) is 5. The lowest BCUT2D eigenvalue weighted by Gasteiger charge is -2.36. The molecule has 1 aliphatic rings. The monoisotopic (exact) mass is 339 g/mol. The number of carbonyl (C=O) groups excluding carboxylic acids is 1. The molecule has 1 saturated heterocycles. The first-order valence-electron chi connectivity index (χ1n) is 8.72. The summed E-state index contributed by atoms with van der Waals surface area (Å²) in [5.41, 5.74) is 3.04. The Labute approximate surface area is 148 Å². The zero-order valence-electron chi connectivity index (χ0n) is 15.1. The van der Waals surface area contributed by atoms with Crippen LogP contribution in [0.25, 0.3) is 0 Å². The molecule has 1 N–H and O–H groups in total. The third-order valence-electron chi connectivity index (χ3n) is 4.25. The van der Waals surface area contributed by atoms with E-state index in [1.165, 1.54) is 11.3 Å². The van der Waals surface area contributed by atoms with Gasteiger partial charge in [0.1, 0.15) is 0 Å². The highest BCUT2D eigenvalue weighted by molar-refractivity contribution is 5.93. The van der Waals surface area contributed by atoms with E-state index in [-0.39, 0.29) is 11.9 Å². The zero-order valence-corrected chi connectivity index (χ0v) is 15.1. The van der Waals surface area contributed by atoms with E-state index in [1.54, 1.807) is 12.4 Å². The molecular formula is C19H25N5O. The molecule has 25 heavy (non-hydrogen) atoms. The number of hydrogen-bond donors (Lipinski definition) is 1. The number of carbonyl (C=O) groups is 1. The van der Waals surface area contributed by atoms with Gasteiger partial charge in [-0.25, -0.2) is 9.97 Å². The smallest absolute Gasteiger partial charge is 0.254 e. The quantitative estimate of drug-likeness (QED) is 0.926. The number of benzene rings is 1. The third kappa shape index (κ3) is 4.26. The zero-order chi connectivity index (χ0) is 17.8. The van der Waals surface area contributed by atoms with Gasteiger partial charge in [0.15, 0.2) is 0 Å². The largest absolute Gasteiger partial charge is 0.368 e. The molecule has 6 heteroatoms. The molecular weight excluding hydrogens is 314 g/mol. The van der Waals surface area contributed by atoms with E-state index in [0.29, 0.717) is 11.5 Å². The minimum atomic E-state index is -0.134. The summed E-state index contributed by atoms with van der Waals surface area (Å²) in [6.07, 6.45) is 3.21. The van der Waals surface area contributed by atoms with E-state index in [9.17, 15) is 4.79 Å². The average Bonchev–Trinajstić information content (AvgIpc) is 2.61. The van der Waals surface area contributed by atoms with E-state index in [4.69, 9.17) is 0 Å². The fourth-order valence-corrected chi connectivity index (χ4v) is 2.94. The molecule has 1 aromatic heterocycles. The van der Waals surface area contributed by atoms with Gasteiger partial charge in [-0.2, -0.15) is 0 Å². The molecule has 0 radical (unpaired) electrons. The van der Waals surface area contributed by atoms with E-state index in [1.807, 2.05) is 13.8 Å². The SMILES string of the molecule is Cc1cccc(N2CCN(c3ncc(C(=O)NC(C)C)cn3)CC2)c1. The number of nitrogens with one attached hydrogen (secondary N) is 1. The van der Waals surface area contributed by atoms with Gasteiger partial charge in [-0.1, -0.05) is 12.1 Å². The highest BCUT2D eigenvalue weighted by atomic mass is 16.1. The van der Waals surface area contributed by atoms with Gasteiger partial charge < -0.3 is 15.1 Å². The lowest BCUT2D eigenvalue weighted by molar-refractivity contribution is 0.0942. The molecule has 0 aliphatic carbocycles. The Balaban J connectivity index is 1.60. The maximum atomic E-state index is 12.0. The van der Waals surface area contributed by atoms with Crippen LogP contribution < -0.4 is 15.1 Å². The van der Waals surface area contributed by atoms with Crippen LogP contribution in [0.2, 0.25) is 0 Å². The predicted octanol–water partition coefficient (Wildman–Crippen LogP) is 2.25. The summed E-state index contributed by atoms with van der Waals surface area (Å²) >= 11 is 0. The second-order valence-electron chi connectivity index (χ2n) is 6.71. The van der Waals surface area contributed by atoms with Crippen molar-refractivity contribution in [3.63, 3.8) is 0 Å². The summed E-state index contributed by atoms with van der Waals surface area (Å²) in [4.78, 5) is 25.3. The lowest BCUT2D eigenvalue weighted by atomic mass is 10.2. The van der Waals surface area contributed by atoms with Crippen LogP contribution in [-0.4, -0.2) is 48.1 Å². The second-order valence-corrected chi connectivity index (χ2v) is 6.71. The van der Waals surface area contributed by atoms with Crippen molar-refractivity contribution >= 4 is 17.5 Å². The molecule has 2 heterocycles. The first-order chi connectivity index (χ1) is 12.0. The van der Waals surface area contributed by atoms with Gasteiger partial charge in [0.2, 0.25) is 5.95 Å². The van der Waals surface area contributed by atoms with Crippen molar-refractivity contribution in [3.8, 4) is 0 Å². The van der Waals surface area contributed by atoms with Crippen LogP contribution >= 0.6 is 0 Å². The highest BCUT2D eigenvalue weighted by Gasteiger charge is 2.19. The van der Waals surface area contributed by atoms with Crippen LogP contribution in [0.4, 0.5) is 11.6 Å². The summed E-state index contributed by atoms with van der Waals surface area (Å²) < 4.78 is 0. The van der Waals surface area contributed by atoms with Crippen molar-refractivity contribution in [1.29, 1.82) is 0 Å². The first-order valence-corrected chi connectivity index (χ1v) is 8.72. The van der Waals surface area contributed by atoms with Crippen molar-refractivity contribution in [3.05, 3.63) is 47.8 Å². The number of anilines is 2. The Bertz CT molecular complexity index is 721. The first kappa shape index (κ1) is 17.2. The van der Waals surface area contributed by atoms with E-state index >= 15 is 0 Å². The summed E-state index contributed by atoms with van der Waals surface area (Å²) in [6, 6.07) is 8.68. The summed E-state index contributed by atoms with van der Waals surface area (Å²) in [6.45, 7) is 9.58. The van der Waals surface area contributed by atoms with Gasteiger partial charge in [0.25, 0.3) is 5.91 Å². The van der Waals surface area contributed by atoms with Crippen molar-refractivity contribution in [1.82, 2.24) is 15.3 Å². The van der Waals surface area contributed by atoms with E-state index < -0.39 is 0 Å². The van der Waals surface area contributed by atoms with Crippen LogP contribution in [0, 0.1) is 6.92 Å². The Morgan fingerprint density at radius 2 is 1.72 bits per heavy atom. The van der Waals surface area contributed by atoms with Crippen LogP contribution in [0.1, 0.15) is 29.8 Å². The topological polar surface area (TPSA) is 61.4 Å². The van der Waals surface area contributed by atoms with E-state index in [2.05, 4.69) is 56.3 Å². The second kappa shape index (κ2) is 7.51. The van der Waals surface area contributed by atoms with Crippen LogP contribution in [-0.2, 0) is 0 Å². The Kier molecular flexibility index (Phi) is 5.16. The Morgan fingerprint density at radius 1 is 1.08 bits per heavy atom. The van der Waals surface area contributed by atoms with Gasteiger partial charge in [0.05, 0.1) is 5.56 Å². The molecule has 2 aromatic rings. The number of aryl methyl sites for hydroxylation is 1. The van der Waals surface area contributed by atoms with Crippen molar-refractivity contribution < 1.29 is 4.79 Å². The number of piperazine rings is 1. The van der Waals surface area contributed by atoms with Crippen molar-refractivity contribution in [2.75, 3.05) is 36.0 Å². The minimum Gasteiger partial charge on any atom is -0.368 e. The fraction of sp³-hybridized carbons (Fsp3) is 0.421. The number of amides is 1. The van der Waals surface area contributed by atoms with Crippen molar-refractivity contribution in [2.45, 2.75) is 26.8 Å². The highest BCUT2D eigenvalue weighted by Crippen LogP contribution is 2.19. The maximum Gasteiger partial charge on any atom is 0.254 e. The van der Waals surface area contributed by atoms with Gasteiger partial charge in [-0.3, -0.25) is 4.79 Å². The molecule has 1 amide bonds. The summed E-state index contributed by atoms with van der Waals surface area (Å²) in [5.74, 6) is 0.552. The number of aromatic nitrogens is 2. The third-order valence-corrected chi connectivity index (χ3v) is 4.25. The average molecular weight is 339 g/mol. The van der Waals surface area contributed by atoms with Gasteiger partial charge in [-0.15, -0.1) is 0 Å². The molecule has 132 valence electrons. The van der Waals surface area contributed by atoms with Crippen LogP contribution in [0.5, 0.6) is 0 Å². The molecule has 0 spiro atoms.